The minimum Gasteiger partial charge on any atom is -0.297 e. The van der Waals surface area contributed by atoms with Crippen LogP contribution in [0.4, 0.5) is 10.1 Å². The summed E-state index contributed by atoms with van der Waals surface area (Å²) in [5.41, 5.74) is 5.97. The SMILES string of the molecule is O=C(NNc1cccc(Cl)c1Cl)C1CCC(CNS(=O)(=O)c2ccc(F)cc2)CC1. The van der Waals surface area contributed by atoms with Crippen LogP contribution in [0.2, 0.25) is 10.0 Å². The Bertz CT molecular complexity index is 995. The van der Waals surface area contributed by atoms with E-state index in [1.807, 2.05) is 0 Å². The number of halogens is 3. The number of hydrogen-bond donors (Lipinski definition) is 3. The lowest BCUT2D eigenvalue weighted by atomic mass is 9.82. The van der Waals surface area contributed by atoms with Gasteiger partial charge in [-0.2, -0.15) is 0 Å². The van der Waals surface area contributed by atoms with Gasteiger partial charge in [0.2, 0.25) is 15.9 Å². The molecule has 10 heteroatoms. The molecule has 2 aromatic rings. The summed E-state index contributed by atoms with van der Waals surface area (Å²) >= 11 is 12.0. The topological polar surface area (TPSA) is 87.3 Å². The van der Waals surface area contributed by atoms with Gasteiger partial charge in [0.1, 0.15) is 5.82 Å². The molecule has 1 fully saturated rings. The Labute approximate surface area is 185 Å². The summed E-state index contributed by atoms with van der Waals surface area (Å²) in [6.45, 7) is 0.282. The number of hydrazine groups is 1. The van der Waals surface area contributed by atoms with Gasteiger partial charge in [-0.3, -0.25) is 15.6 Å². The molecule has 1 aliphatic rings. The third-order valence-corrected chi connectivity index (χ3v) is 7.43. The van der Waals surface area contributed by atoms with Crippen LogP contribution in [0.3, 0.4) is 0 Å². The van der Waals surface area contributed by atoms with Crippen LogP contribution in [0.15, 0.2) is 47.4 Å². The molecular formula is C20H22Cl2FN3O3S. The molecular weight excluding hydrogens is 452 g/mol. The van der Waals surface area contributed by atoms with E-state index in [1.165, 1.54) is 12.1 Å². The fraction of sp³-hybridized carbons (Fsp3) is 0.350. The number of sulfonamides is 1. The first-order valence-corrected chi connectivity index (χ1v) is 11.8. The van der Waals surface area contributed by atoms with Crippen molar-refractivity contribution < 1.29 is 17.6 Å². The highest BCUT2D eigenvalue weighted by atomic mass is 35.5. The van der Waals surface area contributed by atoms with E-state index in [1.54, 1.807) is 18.2 Å². The zero-order valence-corrected chi connectivity index (χ0v) is 18.3. The van der Waals surface area contributed by atoms with E-state index < -0.39 is 15.8 Å². The Balaban J connectivity index is 1.44. The van der Waals surface area contributed by atoms with Crippen LogP contribution in [-0.2, 0) is 14.8 Å². The first-order chi connectivity index (χ1) is 14.3. The first kappa shape index (κ1) is 22.8. The summed E-state index contributed by atoms with van der Waals surface area (Å²) in [5, 5.41) is 0.719. The highest BCUT2D eigenvalue weighted by molar-refractivity contribution is 7.89. The van der Waals surface area contributed by atoms with E-state index >= 15 is 0 Å². The van der Waals surface area contributed by atoms with Gasteiger partial charge in [0.05, 0.1) is 20.6 Å². The fourth-order valence-corrected chi connectivity index (χ4v) is 4.85. The first-order valence-electron chi connectivity index (χ1n) is 9.51. The van der Waals surface area contributed by atoms with Crippen LogP contribution in [0.25, 0.3) is 0 Å². The standard InChI is InChI=1S/C20H22Cl2FN3O3S/c21-17-2-1-3-18(19(17)22)25-26-20(27)14-6-4-13(5-7-14)12-24-30(28,29)16-10-8-15(23)9-11-16/h1-3,8-11,13-14,24-25H,4-7,12H2,(H,26,27). The number of anilines is 1. The van der Waals surface area contributed by atoms with Crippen LogP contribution in [0.5, 0.6) is 0 Å². The summed E-state index contributed by atoms with van der Waals surface area (Å²) < 4.78 is 40.2. The normalized spacial score (nSPS) is 19.3. The largest absolute Gasteiger partial charge is 0.297 e. The zero-order chi connectivity index (χ0) is 21.7. The second kappa shape index (κ2) is 9.96. The highest BCUT2D eigenvalue weighted by Gasteiger charge is 2.27. The van der Waals surface area contributed by atoms with Gasteiger partial charge in [0, 0.05) is 12.5 Å². The Morgan fingerprint density at radius 2 is 1.70 bits per heavy atom. The molecule has 0 aromatic heterocycles. The summed E-state index contributed by atoms with van der Waals surface area (Å²) in [4.78, 5) is 12.4. The van der Waals surface area contributed by atoms with Crippen LogP contribution in [0.1, 0.15) is 25.7 Å². The molecule has 162 valence electrons. The zero-order valence-electron chi connectivity index (χ0n) is 16.0. The maximum absolute atomic E-state index is 13.0. The minimum atomic E-state index is -3.68. The van der Waals surface area contributed by atoms with E-state index in [2.05, 4.69) is 15.6 Å². The van der Waals surface area contributed by atoms with E-state index in [0.717, 1.165) is 25.0 Å². The number of rotatable bonds is 7. The maximum atomic E-state index is 13.0. The molecule has 0 unspecified atom stereocenters. The number of benzene rings is 2. The van der Waals surface area contributed by atoms with Crippen molar-refractivity contribution in [1.82, 2.24) is 10.1 Å². The van der Waals surface area contributed by atoms with Crippen LogP contribution in [-0.4, -0.2) is 20.9 Å². The van der Waals surface area contributed by atoms with Crippen LogP contribution >= 0.6 is 23.2 Å². The fourth-order valence-electron chi connectivity index (χ4n) is 3.38. The predicted molar refractivity (Wildman–Crippen MR) is 115 cm³/mol. The van der Waals surface area contributed by atoms with Crippen molar-refractivity contribution in [2.75, 3.05) is 12.0 Å². The molecule has 1 aliphatic carbocycles. The molecule has 0 atom stereocenters. The lowest BCUT2D eigenvalue weighted by molar-refractivity contribution is -0.125. The van der Waals surface area contributed by atoms with Gasteiger partial charge >= 0.3 is 0 Å². The number of nitrogens with one attached hydrogen (secondary N) is 3. The van der Waals surface area contributed by atoms with Crippen molar-refractivity contribution in [3.63, 3.8) is 0 Å². The number of hydrogen-bond acceptors (Lipinski definition) is 4. The van der Waals surface area contributed by atoms with Crippen molar-refractivity contribution in [1.29, 1.82) is 0 Å². The summed E-state index contributed by atoms with van der Waals surface area (Å²) in [6.07, 6.45) is 2.75. The van der Waals surface area contributed by atoms with Gasteiger partial charge < -0.3 is 0 Å². The Morgan fingerprint density at radius 1 is 1.03 bits per heavy atom. The lowest BCUT2D eigenvalue weighted by Gasteiger charge is -2.28. The third-order valence-electron chi connectivity index (χ3n) is 5.18. The van der Waals surface area contributed by atoms with Crippen molar-refractivity contribution in [2.45, 2.75) is 30.6 Å². The maximum Gasteiger partial charge on any atom is 0.241 e. The molecule has 1 amide bonds. The number of amides is 1. The van der Waals surface area contributed by atoms with Gasteiger partial charge in [0.15, 0.2) is 0 Å². The molecule has 30 heavy (non-hydrogen) atoms. The number of carbonyl (C=O) groups excluding carboxylic acids is 1. The third kappa shape index (κ3) is 5.85. The van der Waals surface area contributed by atoms with Gasteiger partial charge in [-0.05, 0) is 68.0 Å². The highest BCUT2D eigenvalue weighted by Crippen LogP contribution is 2.30. The molecule has 0 bridgehead atoms. The van der Waals surface area contributed by atoms with E-state index in [-0.39, 0.29) is 29.2 Å². The van der Waals surface area contributed by atoms with Gasteiger partial charge in [-0.1, -0.05) is 29.3 Å². The molecule has 0 spiro atoms. The molecule has 2 aromatic carbocycles. The van der Waals surface area contributed by atoms with E-state index in [9.17, 15) is 17.6 Å². The van der Waals surface area contributed by atoms with Crippen molar-refractivity contribution >= 4 is 44.8 Å². The molecule has 3 rings (SSSR count). The summed E-state index contributed by atoms with van der Waals surface area (Å²) in [6, 6.07) is 9.78. The van der Waals surface area contributed by atoms with Crippen LogP contribution < -0.4 is 15.6 Å². The average Bonchev–Trinajstić information content (AvgIpc) is 2.74. The second-order valence-electron chi connectivity index (χ2n) is 7.24. The van der Waals surface area contributed by atoms with E-state index in [0.29, 0.717) is 28.6 Å². The van der Waals surface area contributed by atoms with Crippen molar-refractivity contribution in [3.05, 3.63) is 58.3 Å². The van der Waals surface area contributed by atoms with Gasteiger partial charge in [-0.25, -0.2) is 17.5 Å². The molecule has 6 nitrogen and oxygen atoms in total. The van der Waals surface area contributed by atoms with Gasteiger partial charge in [0.25, 0.3) is 0 Å². The van der Waals surface area contributed by atoms with Crippen molar-refractivity contribution in [3.8, 4) is 0 Å². The molecule has 1 saturated carbocycles. The molecule has 0 heterocycles. The quantitative estimate of drug-likeness (QED) is 0.521. The van der Waals surface area contributed by atoms with Crippen molar-refractivity contribution in [2.24, 2.45) is 11.8 Å². The lowest BCUT2D eigenvalue weighted by Crippen LogP contribution is -2.38. The summed E-state index contributed by atoms with van der Waals surface area (Å²) in [7, 11) is -3.68. The smallest absolute Gasteiger partial charge is 0.241 e. The molecule has 0 saturated heterocycles. The molecule has 3 N–H and O–H groups in total. The molecule has 0 radical (unpaired) electrons. The van der Waals surface area contributed by atoms with E-state index in [4.69, 9.17) is 23.2 Å². The molecule has 0 aliphatic heterocycles. The predicted octanol–water partition coefficient (Wildman–Crippen LogP) is 4.36. The number of carbonyl (C=O) groups is 1. The Morgan fingerprint density at radius 3 is 2.37 bits per heavy atom. The average molecular weight is 474 g/mol. The van der Waals surface area contributed by atoms with Crippen LogP contribution in [0, 0.1) is 17.7 Å². The monoisotopic (exact) mass is 473 g/mol. The Kier molecular flexibility index (Phi) is 7.57. The minimum absolute atomic E-state index is 0.0303. The Hall–Kier alpha value is -1.87. The van der Waals surface area contributed by atoms with Gasteiger partial charge in [-0.15, -0.1) is 0 Å². The summed E-state index contributed by atoms with van der Waals surface area (Å²) in [5.74, 6) is -0.658. The second-order valence-corrected chi connectivity index (χ2v) is 9.79.